The Labute approximate surface area is 807 Å². The summed E-state index contributed by atoms with van der Waals surface area (Å²) in [6.45, 7) is 0. The van der Waals surface area contributed by atoms with Crippen LogP contribution in [0.5, 0.6) is 0 Å². The van der Waals surface area contributed by atoms with Crippen LogP contribution in [0.3, 0.4) is 0 Å². The predicted octanol–water partition coefficient (Wildman–Crippen LogP) is 25.9. The highest BCUT2D eigenvalue weighted by molar-refractivity contribution is 6.32. The highest BCUT2D eigenvalue weighted by atomic mass is 35.5. The summed E-state index contributed by atoms with van der Waals surface area (Å²) in [5, 5.41) is 59.9. The number of nitrogens with zero attached hydrogens (tertiary/aromatic N) is 18. The number of methoxy groups -OCH3 is 1. The van der Waals surface area contributed by atoms with E-state index in [0.717, 1.165) is 178 Å². The molecule has 0 amide bonds. The number of H-pyrrole nitrogens is 1. The van der Waals surface area contributed by atoms with E-state index in [0.29, 0.717) is 47.8 Å². The van der Waals surface area contributed by atoms with E-state index in [1.807, 2.05) is 261 Å². The summed E-state index contributed by atoms with van der Waals surface area (Å²) in [4.78, 5) is 55.2. The van der Waals surface area contributed by atoms with Gasteiger partial charge in [0.1, 0.15) is 12.4 Å². The van der Waals surface area contributed by atoms with Crippen molar-refractivity contribution in [3.63, 3.8) is 0 Å². The van der Waals surface area contributed by atoms with Gasteiger partial charge in [-0.1, -0.05) is 119 Å². The number of carbonyl (C=O) groups is 1. The highest BCUT2D eigenvalue weighted by Crippen LogP contribution is 2.39. The van der Waals surface area contributed by atoms with Crippen molar-refractivity contribution in [2.45, 2.75) is 0 Å². The zero-order chi connectivity index (χ0) is 93.9. The number of nitrogens with two attached hydrogens (primary N) is 1. The molecule has 664 valence electrons. The third-order valence-corrected chi connectivity index (χ3v) is 22.5. The number of aromatic amines is 1. The number of halogens is 5. The van der Waals surface area contributed by atoms with E-state index in [9.17, 15) is 4.79 Å². The first kappa shape index (κ1) is 89.9. The first-order valence-electron chi connectivity index (χ1n) is 42.1. The number of pyridine rings is 10. The van der Waals surface area contributed by atoms with Crippen molar-refractivity contribution in [2.75, 3.05) is 39.4 Å². The first-order chi connectivity index (χ1) is 67.1. The SMILES string of the molecule is COC(=O)c1cncc(-c2ccc3nccc(Nc4cccc(Cl)c4)c3c2)c1.Clc1cccc(Nc2ccnc3ccc(-c4cncc(-c5nn[nH]n5)c4)cc23)c1.Clc1cccc(Nc2ccnc3ccc(-c4cncc(-n5cnnn5)c4)cc23)c1.N#Cc1cncc(-c2ccc3nccc(Nc4cccc(Cl)c4)c3c2)c1.Nc1cncc(-c2ccc3nccc(Nc4cccc(Cl)c4)c3c2)c1. The van der Waals surface area contributed by atoms with Gasteiger partial charge in [0, 0.05) is 229 Å². The van der Waals surface area contributed by atoms with Crippen LogP contribution in [-0.2, 0) is 4.74 Å². The summed E-state index contributed by atoms with van der Waals surface area (Å²) < 4.78 is 6.36. The summed E-state index contributed by atoms with van der Waals surface area (Å²) in [6, 6.07) is 89.5. The molecule has 27 nitrogen and oxygen atoms in total. The molecule has 0 saturated carbocycles. The fourth-order valence-corrected chi connectivity index (χ4v) is 15.8. The van der Waals surface area contributed by atoms with Crippen molar-refractivity contribution in [3.8, 4) is 78.8 Å². The summed E-state index contributed by atoms with van der Waals surface area (Å²) in [7, 11) is 1.35. The molecule has 0 aliphatic heterocycles. The van der Waals surface area contributed by atoms with Crippen LogP contribution in [0, 0.1) is 11.3 Å². The maximum atomic E-state index is 11.8. The van der Waals surface area contributed by atoms with Crippen LogP contribution in [0.1, 0.15) is 15.9 Å². The van der Waals surface area contributed by atoms with E-state index in [-0.39, 0.29) is 0 Å². The Morgan fingerprint density at radius 3 is 1.06 bits per heavy atom. The quantitative estimate of drug-likeness (QED) is 0.0392. The van der Waals surface area contributed by atoms with Crippen LogP contribution in [0.25, 0.3) is 127 Å². The standard InChI is InChI=1S/C22H16ClN3O2.2C21H14ClN7.C21H13ClN4.C20H15ClN4/c1-28-22(27)16-9-15(12-24-13-16)14-5-6-20-19(10-14)21(7-8-25-20)26-18-4-2-3-17(23)11-18;22-16-2-1-3-17(10-16)26-21-6-7-24-20-5-4-14(9-19(20)21)15-8-18(12-23-11-15)29-13-25-27-28-29;22-16-2-1-3-17(10-16)25-20-6-7-24-19-5-4-13(9-18(19)20)14-8-15(12-23-11-14)21-26-28-29-27-21;22-17-2-1-3-18(10-17)26-21-6-7-25-20-5-4-15(9-19(20)21)16-8-14(11-23)12-24-13-16;21-15-2-1-3-17(10-15)25-20-6-7-24-19-5-4-13(9-18(19)20)14-8-16(22)12-23-11-14/h2-13H,1H3,(H,25,26);1-13H,(H,24,26);1-12H,(H,24,25)(H,26,27,28,29);1-10,12-13H,(H,25,26);1-12H,22H2,(H,24,25). The van der Waals surface area contributed by atoms with Crippen molar-refractivity contribution in [2.24, 2.45) is 0 Å². The average Bonchev–Trinajstić information content (AvgIpc) is 1.49. The van der Waals surface area contributed by atoms with Crippen LogP contribution in [0.2, 0.25) is 25.1 Å². The first-order valence-corrected chi connectivity index (χ1v) is 44.0. The van der Waals surface area contributed by atoms with E-state index in [1.54, 1.807) is 85.1 Å². The number of nitrogen functional groups attached to an aromatic ring is 1. The molecule has 22 aromatic rings. The van der Waals surface area contributed by atoms with Crippen LogP contribution < -0.4 is 32.3 Å². The van der Waals surface area contributed by atoms with Gasteiger partial charge in [-0.2, -0.15) is 15.2 Å². The number of tetrazole rings is 2. The topological polar surface area (TPSA) is 363 Å². The molecule has 0 spiro atoms. The molecule has 137 heavy (non-hydrogen) atoms. The molecule has 22 rings (SSSR count). The van der Waals surface area contributed by atoms with E-state index < -0.39 is 5.97 Å². The van der Waals surface area contributed by atoms with Crippen LogP contribution >= 0.6 is 58.0 Å². The number of benzene rings is 10. The predicted molar refractivity (Wildman–Crippen MR) is 545 cm³/mol. The Bertz CT molecular complexity index is 8000. The van der Waals surface area contributed by atoms with Crippen LogP contribution in [0.15, 0.2) is 372 Å². The van der Waals surface area contributed by atoms with Crippen molar-refractivity contribution < 1.29 is 9.53 Å². The third-order valence-electron chi connectivity index (χ3n) is 21.4. The molecule has 12 heterocycles. The second-order valence-electron chi connectivity index (χ2n) is 30.5. The fourth-order valence-electron chi connectivity index (χ4n) is 14.9. The number of aromatic nitrogens is 18. The lowest BCUT2D eigenvalue weighted by Gasteiger charge is -2.11. The maximum Gasteiger partial charge on any atom is 0.339 e. The summed E-state index contributed by atoms with van der Waals surface area (Å²) >= 11 is 30.5. The molecule has 0 atom stereocenters. The van der Waals surface area contributed by atoms with Gasteiger partial charge in [0.15, 0.2) is 0 Å². The zero-order valence-corrected chi connectivity index (χ0v) is 75.8. The Morgan fingerprint density at radius 2 is 0.708 bits per heavy atom. The van der Waals surface area contributed by atoms with E-state index in [4.69, 9.17) is 73.7 Å². The second-order valence-corrected chi connectivity index (χ2v) is 32.7. The lowest BCUT2D eigenvalue weighted by molar-refractivity contribution is 0.0600. The minimum atomic E-state index is -0.417. The number of carbonyl (C=O) groups excluding carboxylic acids is 1. The van der Waals surface area contributed by atoms with Gasteiger partial charge in [0.05, 0.1) is 63.4 Å². The summed E-state index contributed by atoms with van der Waals surface area (Å²) in [5.41, 5.74) is 32.2. The number of nitrogens with one attached hydrogen (secondary N) is 6. The number of hydrogen-bond donors (Lipinski definition) is 7. The van der Waals surface area contributed by atoms with Crippen molar-refractivity contribution in [3.05, 3.63) is 409 Å². The summed E-state index contributed by atoms with van der Waals surface area (Å²) in [6.07, 6.45) is 27.4. The fraction of sp³-hybridized carbons (Fsp3) is 0.00952. The molecule has 0 aliphatic carbocycles. The second kappa shape index (κ2) is 42.3. The average molecular weight is 1890 g/mol. The Balaban J connectivity index is 0.000000114. The van der Waals surface area contributed by atoms with E-state index >= 15 is 0 Å². The Hall–Kier alpha value is -17.7. The van der Waals surface area contributed by atoms with E-state index in [1.165, 1.54) is 19.6 Å². The highest BCUT2D eigenvalue weighted by Gasteiger charge is 2.17. The Morgan fingerprint density at radius 1 is 0.365 bits per heavy atom. The lowest BCUT2D eigenvalue weighted by Crippen LogP contribution is -2.01. The molecule has 0 aliphatic rings. The zero-order valence-electron chi connectivity index (χ0n) is 72.1. The van der Waals surface area contributed by atoms with Crippen molar-refractivity contribution in [1.82, 2.24) is 90.7 Å². The largest absolute Gasteiger partial charge is 0.465 e. The van der Waals surface area contributed by atoms with Crippen molar-refractivity contribution in [1.29, 1.82) is 5.26 Å². The molecule has 0 radical (unpaired) electrons. The summed E-state index contributed by atoms with van der Waals surface area (Å²) in [5.74, 6) is 0.0882. The monoisotopic (exact) mass is 1890 g/mol. The van der Waals surface area contributed by atoms with Crippen LogP contribution in [-0.4, -0.2) is 104 Å². The van der Waals surface area contributed by atoms with Gasteiger partial charge in [-0.3, -0.25) is 49.8 Å². The molecule has 0 saturated heterocycles. The molecule has 10 aromatic carbocycles. The number of anilines is 11. The molecule has 32 heteroatoms. The van der Waals surface area contributed by atoms with Crippen LogP contribution in [0.4, 0.5) is 62.6 Å². The number of hydrogen-bond acceptors (Lipinski definition) is 25. The number of rotatable bonds is 18. The van der Waals surface area contributed by atoms with Gasteiger partial charge in [0.25, 0.3) is 0 Å². The molecule has 0 bridgehead atoms. The van der Waals surface area contributed by atoms with Gasteiger partial charge in [-0.05, 0) is 256 Å². The van der Waals surface area contributed by atoms with Gasteiger partial charge >= 0.3 is 5.97 Å². The van der Waals surface area contributed by atoms with Gasteiger partial charge in [-0.15, -0.1) is 15.3 Å². The molecule has 12 aromatic heterocycles. The third kappa shape index (κ3) is 22.4. The molecule has 0 fully saturated rings. The minimum absolute atomic E-state index is 0.406. The normalized spacial score (nSPS) is 10.8. The van der Waals surface area contributed by atoms with Gasteiger partial charge < -0.3 is 37.1 Å². The van der Waals surface area contributed by atoms with Gasteiger partial charge in [0.2, 0.25) is 5.82 Å². The van der Waals surface area contributed by atoms with Crippen molar-refractivity contribution >= 4 is 181 Å². The molecular weight excluding hydrogens is 1820 g/mol. The molecular formula is C105H72Cl5N25O2. The number of nitriles is 1. The van der Waals surface area contributed by atoms with E-state index in [2.05, 4.69) is 137 Å². The maximum absolute atomic E-state index is 11.8. The smallest absolute Gasteiger partial charge is 0.339 e. The lowest BCUT2D eigenvalue weighted by atomic mass is 10.0. The van der Waals surface area contributed by atoms with Gasteiger partial charge in [-0.25, -0.2) is 4.79 Å². The number of fused-ring (bicyclic) bond motifs is 5. The number of esters is 1. The number of ether oxygens (including phenoxy) is 1. The Kier molecular flexibility index (Phi) is 27.7. The minimum Gasteiger partial charge on any atom is -0.465 e. The molecule has 8 N–H and O–H groups in total. The molecule has 0 unspecified atom stereocenters.